The maximum atomic E-state index is 11.8. The highest BCUT2D eigenvalue weighted by Gasteiger charge is 2.69. The summed E-state index contributed by atoms with van der Waals surface area (Å²) >= 11 is 0. The Hall–Kier alpha value is -1.71. The van der Waals surface area contributed by atoms with Gasteiger partial charge in [0.1, 0.15) is 12.2 Å². The van der Waals surface area contributed by atoms with Gasteiger partial charge < -0.3 is 45.4 Å². The number of imidazole rings is 1. The number of aromatic amines is 1. The second-order valence-electron chi connectivity index (χ2n) is 6.00. The largest absolute Gasteiger partial charge is 0.385 e. The van der Waals surface area contributed by atoms with Gasteiger partial charge in [-0.05, 0) is 0 Å². The van der Waals surface area contributed by atoms with Gasteiger partial charge in [-0.15, -0.1) is 0 Å². The average Bonchev–Trinajstić information content (AvgIpc) is 3.06. The van der Waals surface area contributed by atoms with E-state index in [1.54, 1.807) is 0 Å². The molecule has 0 aliphatic carbocycles. The van der Waals surface area contributed by atoms with Gasteiger partial charge in [-0.2, -0.15) is 4.98 Å². The van der Waals surface area contributed by atoms with E-state index in [4.69, 9.17) is 20.3 Å². The van der Waals surface area contributed by atoms with E-state index in [9.17, 15) is 39.0 Å². The first-order valence-electron chi connectivity index (χ1n) is 7.26. The van der Waals surface area contributed by atoms with Crippen molar-refractivity contribution in [3.05, 3.63) is 16.7 Å². The summed E-state index contributed by atoms with van der Waals surface area (Å²) in [6, 6.07) is 0. The first-order chi connectivity index (χ1) is 12.7. The summed E-state index contributed by atoms with van der Waals surface area (Å²) in [5, 5.41) is 27.0. The maximum Gasteiger partial charge on any atom is 0.362 e. The summed E-state index contributed by atoms with van der Waals surface area (Å²) in [7, 11) is -11.2. The minimum Gasteiger partial charge on any atom is -0.385 e. The Morgan fingerprint density at radius 1 is 1.32 bits per heavy atom. The summed E-state index contributed by atoms with van der Waals surface area (Å²) in [6.07, 6.45) is -6.25. The SMILES string of the molecule is Nc1nc2c(ncn2[C@@H]2O[C@H](C(O)P(=O)(O)O)C(O)(P(=O)(O)O)C2O)c(=O)[nH]1. The lowest BCUT2D eigenvalue weighted by atomic mass is 10.1. The van der Waals surface area contributed by atoms with Crippen LogP contribution >= 0.6 is 15.2 Å². The molecule has 1 aliphatic rings. The van der Waals surface area contributed by atoms with Crippen molar-refractivity contribution in [3.8, 4) is 0 Å². The van der Waals surface area contributed by atoms with Gasteiger partial charge in [0.15, 0.2) is 23.2 Å². The predicted molar refractivity (Wildman–Crippen MR) is 87.5 cm³/mol. The molecule has 1 fully saturated rings. The number of ether oxygens (including phenoxy) is 1. The van der Waals surface area contributed by atoms with Crippen molar-refractivity contribution in [3.63, 3.8) is 0 Å². The van der Waals surface area contributed by atoms with Crippen LogP contribution in [0.5, 0.6) is 0 Å². The lowest BCUT2D eigenvalue weighted by Gasteiger charge is -2.33. The molecular formula is C10H15N5O11P2. The molecule has 1 saturated heterocycles. The number of nitrogens with one attached hydrogen (secondary N) is 1. The van der Waals surface area contributed by atoms with Gasteiger partial charge in [0.05, 0.1) is 6.33 Å². The van der Waals surface area contributed by atoms with Gasteiger partial charge in [0.25, 0.3) is 5.56 Å². The number of aromatic nitrogens is 4. The molecule has 156 valence electrons. The number of fused-ring (bicyclic) bond motifs is 1. The molecule has 16 nitrogen and oxygen atoms in total. The van der Waals surface area contributed by atoms with E-state index >= 15 is 0 Å². The molecule has 3 unspecified atom stereocenters. The topological polar surface area (TPSA) is 275 Å². The summed E-state index contributed by atoms with van der Waals surface area (Å²) in [6.45, 7) is 0. The number of aliphatic hydroxyl groups is 3. The molecule has 0 saturated carbocycles. The van der Waals surface area contributed by atoms with Crippen LogP contribution in [0.3, 0.4) is 0 Å². The molecule has 0 bridgehead atoms. The van der Waals surface area contributed by atoms with Crippen molar-refractivity contribution in [2.75, 3.05) is 5.73 Å². The smallest absolute Gasteiger partial charge is 0.362 e. The molecule has 0 amide bonds. The fourth-order valence-electron chi connectivity index (χ4n) is 2.85. The highest BCUT2D eigenvalue weighted by molar-refractivity contribution is 7.54. The van der Waals surface area contributed by atoms with E-state index in [1.807, 2.05) is 0 Å². The van der Waals surface area contributed by atoms with Crippen LogP contribution in [0.2, 0.25) is 0 Å². The number of nitrogen functional groups attached to an aromatic ring is 1. The molecule has 18 heteroatoms. The van der Waals surface area contributed by atoms with Crippen molar-refractivity contribution in [2.45, 2.75) is 29.6 Å². The maximum absolute atomic E-state index is 11.8. The highest BCUT2D eigenvalue weighted by Crippen LogP contribution is 2.62. The van der Waals surface area contributed by atoms with E-state index in [2.05, 4.69) is 15.0 Å². The molecule has 28 heavy (non-hydrogen) atoms. The number of anilines is 1. The fraction of sp³-hybridized carbons (Fsp3) is 0.500. The number of nitrogens with two attached hydrogens (primary N) is 1. The van der Waals surface area contributed by atoms with Crippen molar-refractivity contribution in [2.24, 2.45) is 0 Å². The van der Waals surface area contributed by atoms with Crippen LogP contribution in [0.15, 0.2) is 11.1 Å². The van der Waals surface area contributed by atoms with Crippen molar-refractivity contribution < 1.29 is 48.8 Å². The molecule has 0 spiro atoms. The molecule has 3 rings (SSSR count). The summed E-state index contributed by atoms with van der Waals surface area (Å²) in [4.78, 5) is 58.6. The summed E-state index contributed by atoms with van der Waals surface area (Å²) in [5.74, 6) is -3.29. The van der Waals surface area contributed by atoms with E-state index in [0.29, 0.717) is 0 Å². The zero-order valence-electron chi connectivity index (χ0n) is 13.5. The third-order valence-corrected chi connectivity index (χ3v) is 6.63. The minimum absolute atomic E-state index is 0.316. The quantitative estimate of drug-likeness (QED) is 0.206. The van der Waals surface area contributed by atoms with E-state index < -0.39 is 50.4 Å². The normalized spacial score (nSPS) is 30.0. The van der Waals surface area contributed by atoms with Gasteiger partial charge in [0.2, 0.25) is 11.3 Å². The Bertz CT molecular complexity index is 1070. The molecular weight excluding hydrogens is 428 g/mol. The van der Waals surface area contributed by atoms with Crippen LogP contribution in [-0.2, 0) is 13.9 Å². The van der Waals surface area contributed by atoms with Crippen LogP contribution < -0.4 is 11.3 Å². The van der Waals surface area contributed by atoms with Gasteiger partial charge in [-0.1, -0.05) is 0 Å². The third-order valence-electron chi connectivity index (χ3n) is 4.22. The van der Waals surface area contributed by atoms with Gasteiger partial charge >= 0.3 is 15.2 Å². The third kappa shape index (κ3) is 3.00. The van der Waals surface area contributed by atoms with Crippen molar-refractivity contribution >= 4 is 32.3 Å². The van der Waals surface area contributed by atoms with Crippen molar-refractivity contribution in [1.29, 1.82) is 0 Å². The standard InChI is InChI=1S/C10H15N5O11P2/c11-9-13-5-2(6(17)14-9)12-1-15(5)7-3(16)10(19,28(23,24)25)4(26-7)8(18)27(20,21)22/h1,3-4,7-8,16,18-19H,(H2,20,21,22)(H2,23,24,25)(H3,11,13,14,17)/t3?,4-,7-,8?,10?/m1/s1. The van der Waals surface area contributed by atoms with Crippen LogP contribution in [0.4, 0.5) is 5.95 Å². The second-order valence-corrected chi connectivity index (χ2v) is 9.51. The first kappa shape index (κ1) is 21.0. The molecule has 0 aromatic carbocycles. The van der Waals surface area contributed by atoms with Gasteiger partial charge in [-0.3, -0.25) is 23.5 Å². The highest BCUT2D eigenvalue weighted by atomic mass is 31.2. The number of aliphatic hydroxyl groups excluding tert-OH is 2. The average molecular weight is 443 g/mol. The van der Waals surface area contributed by atoms with E-state index in [-0.39, 0.29) is 17.1 Å². The van der Waals surface area contributed by atoms with Crippen molar-refractivity contribution in [1.82, 2.24) is 19.5 Å². The second kappa shape index (κ2) is 6.40. The lowest BCUT2D eigenvalue weighted by Crippen LogP contribution is -2.51. The summed E-state index contributed by atoms with van der Waals surface area (Å²) < 4.78 is 29.0. The predicted octanol–water partition coefficient (Wildman–Crippen LogP) is -3.68. The Labute approximate surface area is 153 Å². The fourth-order valence-corrected chi connectivity index (χ4v) is 4.63. The van der Waals surface area contributed by atoms with E-state index in [0.717, 1.165) is 10.9 Å². The monoisotopic (exact) mass is 443 g/mol. The molecule has 3 heterocycles. The Morgan fingerprint density at radius 2 is 1.93 bits per heavy atom. The Morgan fingerprint density at radius 3 is 2.46 bits per heavy atom. The number of hydrogen-bond acceptors (Lipinski definition) is 10. The zero-order chi connectivity index (χ0) is 21.2. The molecule has 5 atom stereocenters. The van der Waals surface area contributed by atoms with Gasteiger partial charge in [0, 0.05) is 0 Å². The van der Waals surface area contributed by atoms with Crippen LogP contribution in [0.1, 0.15) is 6.23 Å². The van der Waals surface area contributed by atoms with Gasteiger partial charge in [-0.25, -0.2) is 4.98 Å². The van der Waals surface area contributed by atoms with Crippen LogP contribution in [0, 0.1) is 0 Å². The Kier molecular flexibility index (Phi) is 4.80. The number of hydrogen-bond donors (Lipinski definition) is 9. The number of nitrogens with zero attached hydrogens (tertiary/aromatic N) is 3. The zero-order valence-corrected chi connectivity index (χ0v) is 15.3. The molecule has 2 aromatic rings. The molecule has 10 N–H and O–H groups in total. The molecule has 0 radical (unpaired) electrons. The number of rotatable bonds is 4. The van der Waals surface area contributed by atoms with Crippen LogP contribution in [0.25, 0.3) is 11.2 Å². The molecule has 2 aromatic heterocycles. The number of H-pyrrole nitrogens is 1. The Balaban J connectivity index is 2.19. The molecule has 1 aliphatic heterocycles. The minimum atomic E-state index is -5.75. The lowest BCUT2D eigenvalue weighted by molar-refractivity contribution is -0.0777. The van der Waals surface area contributed by atoms with Crippen LogP contribution in [-0.4, -0.2) is 77.8 Å². The first-order valence-corrected chi connectivity index (χ1v) is 10.6. The summed E-state index contributed by atoms with van der Waals surface area (Å²) in [5.41, 5.74) is 3.97. The van der Waals surface area contributed by atoms with E-state index in [1.165, 1.54) is 0 Å².